The molecule has 0 bridgehead atoms. The highest BCUT2D eigenvalue weighted by Crippen LogP contribution is 2.20. The number of hydrogen-bond donors (Lipinski definition) is 2. The van der Waals surface area contributed by atoms with Crippen LogP contribution in [0.3, 0.4) is 0 Å². The van der Waals surface area contributed by atoms with Gasteiger partial charge in [0.15, 0.2) is 6.10 Å². The van der Waals surface area contributed by atoms with Gasteiger partial charge in [0.2, 0.25) is 5.28 Å². The van der Waals surface area contributed by atoms with Gasteiger partial charge in [-0.3, -0.25) is 0 Å². The molecule has 4 nitrogen and oxygen atoms in total. The first-order valence-electron chi connectivity index (χ1n) is 4.29. The highest BCUT2D eigenvalue weighted by Gasteiger charge is 2.37. The molecular weight excluding hydrogens is 247 g/mol. The maximum Gasteiger partial charge on any atom is 0.416 e. The summed E-state index contributed by atoms with van der Waals surface area (Å²) < 4.78 is 35.9. The molecule has 0 saturated heterocycles. The van der Waals surface area contributed by atoms with Crippen LogP contribution < -0.4 is 5.32 Å². The van der Waals surface area contributed by atoms with Gasteiger partial charge in [-0.2, -0.15) is 13.2 Å². The topological polar surface area (TPSA) is 58.0 Å². The molecule has 1 heterocycles. The number of nitrogens with one attached hydrogen (secondary N) is 1. The summed E-state index contributed by atoms with van der Waals surface area (Å²) in [5.41, 5.74) is 0.518. The quantitative estimate of drug-likeness (QED) is 0.809. The van der Waals surface area contributed by atoms with Crippen LogP contribution in [0, 0.1) is 6.92 Å². The highest BCUT2D eigenvalue weighted by atomic mass is 35.5. The predicted octanol–water partition coefficient (Wildman–Crippen LogP) is 1.77. The van der Waals surface area contributed by atoms with E-state index in [2.05, 4.69) is 15.3 Å². The van der Waals surface area contributed by atoms with Crippen molar-refractivity contribution in [2.45, 2.75) is 19.2 Å². The van der Waals surface area contributed by atoms with Crippen molar-refractivity contribution in [1.82, 2.24) is 9.97 Å². The molecule has 0 amide bonds. The predicted molar refractivity (Wildman–Crippen MR) is 52.3 cm³/mol. The van der Waals surface area contributed by atoms with Gasteiger partial charge in [-0.05, 0) is 18.5 Å². The molecule has 0 aliphatic rings. The summed E-state index contributed by atoms with van der Waals surface area (Å²) in [6.45, 7) is 0.940. The van der Waals surface area contributed by atoms with Crippen LogP contribution in [-0.2, 0) is 0 Å². The van der Waals surface area contributed by atoms with Crippen molar-refractivity contribution in [2.75, 3.05) is 11.9 Å². The number of alkyl halides is 3. The van der Waals surface area contributed by atoms with Crippen molar-refractivity contribution < 1.29 is 18.3 Å². The van der Waals surface area contributed by atoms with Crippen LogP contribution in [0.2, 0.25) is 5.28 Å². The molecular formula is C8H9ClF3N3O. The van der Waals surface area contributed by atoms with Crippen LogP contribution in [-0.4, -0.2) is 33.9 Å². The number of aliphatic hydroxyl groups is 1. The molecule has 0 aliphatic heterocycles. The second-order valence-corrected chi connectivity index (χ2v) is 3.44. The minimum Gasteiger partial charge on any atom is -0.382 e. The smallest absolute Gasteiger partial charge is 0.382 e. The van der Waals surface area contributed by atoms with Crippen LogP contribution in [0.15, 0.2) is 6.07 Å². The summed E-state index contributed by atoms with van der Waals surface area (Å²) in [5.74, 6) is 0.140. The normalized spacial score (nSPS) is 13.6. The third kappa shape index (κ3) is 3.82. The Morgan fingerprint density at radius 1 is 1.50 bits per heavy atom. The van der Waals surface area contributed by atoms with Gasteiger partial charge in [-0.1, -0.05) is 0 Å². The Balaban J connectivity index is 2.61. The van der Waals surface area contributed by atoms with E-state index in [4.69, 9.17) is 16.7 Å². The largest absolute Gasteiger partial charge is 0.416 e. The molecule has 1 unspecified atom stereocenters. The number of halogens is 4. The van der Waals surface area contributed by atoms with Crippen LogP contribution in [0.4, 0.5) is 19.0 Å². The Kier molecular flexibility index (Phi) is 3.93. The van der Waals surface area contributed by atoms with Gasteiger partial charge in [0.1, 0.15) is 5.82 Å². The van der Waals surface area contributed by atoms with Gasteiger partial charge in [-0.15, -0.1) is 0 Å². The Hall–Kier alpha value is -1.08. The van der Waals surface area contributed by atoms with Crippen molar-refractivity contribution in [3.8, 4) is 0 Å². The van der Waals surface area contributed by atoms with E-state index >= 15 is 0 Å². The van der Waals surface area contributed by atoms with Crippen LogP contribution in [0.5, 0.6) is 0 Å². The molecule has 0 radical (unpaired) electrons. The maximum atomic E-state index is 12.0. The van der Waals surface area contributed by atoms with Gasteiger partial charge in [0.05, 0.1) is 6.54 Å². The Labute approximate surface area is 94.5 Å². The van der Waals surface area contributed by atoms with Gasteiger partial charge in [-0.25, -0.2) is 9.97 Å². The third-order valence-corrected chi connectivity index (χ3v) is 1.85. The van der Waals surface area contributed by atoms with Crippen molar-refractivity contribution in [3.05, 3.63) is 17.0 Å². The van der Waals surface area contributed by atoms with E-state index in [0.29, 0.717) is 5.69 Å². The van der Waals surface area contributed by atoms with E-state index in [0.717, 1.165) is 0 Å². The Morgan fingerprint density at radius 2 is 2.12 bits per heavy atom. The zero-order valence-electron chi connectivity index (χ0n) is 8.22. The summed E-state index contributed by atoms with van der Waals surface area (Å²) >= 11 is 5.51. The molecule has 0 aliphatic carbocycles. The third-order valence-electron chi connectivity index (χ3n) is 1.68. The SMILES string of the molecule is Cc1cc(NCC(O)C(F)(F)F)nc(Cl)n1. The molecule has 1 aromatic rings. The number of hydrogen-bond acceptors (Lipinski definition) is 4. The molecule has 16 heavy (non-hydrogen) atoms. The van der Waals surface area contributed by atoms with E-state index in [1.807, 2.05) is 0 Å². The van der Waals surface area contributed by atoms with Gasteiger partial charge >= 0.3 is 6.18 Å². The fourth-order valence-corrected chi connectivity index (χ4v) is 1.16. The molecule has 90 valence electrons. The van der Waals surface area contributed by atoms with Crippen LogP contribution >= 0.6 is 11.6 Å². The average molecular weight is 256 g/mol. The lowest BCUT2D eigenvalue weighted by Gasteiger charge is -2.15. The van der Waals surface area contributed by atoms with Crippen molar-refractivity contribution in [1.29, 1.82) is 0 Å². The first kappa shape index (κ1) is 13.0. The molecule has 2 N–H and O–H groups in total. The van der Waals surface area contributed by atoms with Crippen molar-refractivity contribution in [3.63, 3.8) is 0 Å². The Morgan fingerprint density at radius 3 is 2.62 bits per heavy atom. The molecule has 1 aromatic heterocycles. The average Bonchev–Trinajstić information content (AvgIpc) is 2.11. The summed E-state index contributed by atoms with van der Waals surface area (Å²) in [6, 6.07) is 1.43. The fourth-order valence-electron chi connectivity index (χ4n) is 0.940. The van der Waals surface area contributed by atoms with Gasteiger partial charge < -0.3 is 10.4 Å². The number of aliphatic hydroxyl groups excluding tert-OH is 1. The van der Waals surface area contributed by atoms with E-state index in [1.54, 1.807) is 6.92 Å². The van der Waals surface area contributed by atoms with E-state index < -0.39 is 18.8 Å². The lowest BCUT2D eigenvalue weighted by atomic mass is 10.3. The van der Waals surface area contributed by atoms with E-state index in [1.165, 1.54) is 6.07 Å². The molecule has 0 aromatic carbocycles. The van der Waals surface area contributed by atoms with Gasteiger partial charge in [0.25, 0.3) is 0 Å². The van der Waals surface area contributed by atoms with Crippen molar-refractivity contribution >= 4 is 17.4 Å². The first-order chi connectivity index (χ1) is 7.29. The number of rotatable bonds is 3. The van der Waals surface area contributed by atoms with E-state index in [-0.39, 0.29) is 11.1 Å². The summed E-state index contributed by atoms with van der Waals surface area (Å²) in [4.78, 5) is 7.39. The first-order valence-corrected chi connectivity index (χ1v) is 4.66. The van der Waals surface area contributed by atoms with Crippen LogP contribution in [0.25, 0.3) is 0 Å². The molecule has 0 saturated carbocycles. The Bertz CT molecular complexity index is 352. The summed E-state index contributed by atoms with van der Waals surface area (Å²) in [7, 11) is 0. The second-order valence-electron chi connectivity index (χ2n) is 3.10. The summed E-state index contributed by atoms with van der Waals surface area (Å²) in [6.07, 6.45) is -7.10. The minimum atomic E-state index is -4.65. The fraction of sp³-hybridized carbons (Fsp3) is 0.500. The zero-order valence-corrected chi connectivity index (χ0v) is 8.97. The second kappa shape index (κ2) is 4.84. The monoisotopic (exact) mass is 255 g/mol. The standard InChI is InChI=1S/C8H9ClF3N3O/c1-4-2-6(15-7(9)14-4)13-3-5(16)8(10,11)12/h2,5,16H,3H2,1H3,(H,13,14,15). The lowest BCUT2D eigenvalue weighted by Crippen LogP contribution is -2.35. The number of aromatic nitrogens is 2. The van der Waals surface area contributed by atoms with Crippen LogP contribution in [0.1, 0.15) is 5.69 Å². The minimum absolute atomic E-state index is 0.0657. The van der Waals surface area contributed by atoms with E-state index in [9.17, 15) is 13.2 Å². The number of anilines is 1. The maximum absolute atomic E-state index is 12.0. The number of aryl methyl sites for hydroxylation is 1. The van der Waals surface area contributed by atoms with Crippen molar-refractivity contribution in [2.24, 2.45) is 0 Å². The zero-order chi connectivity index (χ0) is 12.3. The van der Waals surface area contributed by atoms with Gasteiger partial charge in [0, 0.05) is 11.8 Å². The molecule has 1 atom stereocenters. The summed E-state index contributed by atoms with van der Waals surface area (Å²) in [5, 5.41) is 11.0. The highest BCUT2D eigenvalue weighted by molar-refractivity contribution is 6.28. The lowest BCUT2D eigenvalue weighted by molar-refractivity contribution is -0.198. The molecule has 8 heteroatoms. The molecule has 0 fully saturated rings. The molecule has 1 rings (SSSR count). The molecule has 0 spiro atoms. The number of nitrogens with zero attached hydrogens (tertiary/aromatic N) is 2.